The quantitative estimate of drug-likeness (QED) is 0.668. The van der Waals surface area contributed by atoms with Gasteiger partial charge in [-0.1, -0.05) is 12.1 Å². The van der Waals surface area contributed by atoms with Gasteiger partial charge in [0.1, 0.15) is 21.0 Å². The highest BCUT2D eigenvalue weighted by atomic mass is 32.2. The molecule has 0 saturated heterocycles. The van der Waals surface area contributed by atoms with Crippen LogP contribution in [-0.4, -0.2) is 28.0 Å². The first-order chi connectivity index (χ1) is 12.5. The third-order valence-electron chi connectivity index (χ3n) is 3.79. The first kappa shape index (κ1) is 18.2. The number of ether oxygens (including phenoxy) is 1. The second-order valence-electron chi connectivity index (χ2n) is 5.42. The molecule has 1 aromatic carbocycles. The molecule has 1 amide bonds. The number of carbonyl (C=O) groups is 1. The molecule has 2 heterocycles. The van der Waals surface area contributed by atoms with Crippen molar-refractivity contribution in [3.63, 3.8) is 0 Å². The Balaban J connectivity index is 1.82. The van der Waals surface area contributed by atoms with Crippen molar-refractivity contribution >= 4 is 27.1 Å². The van der Waals surface area contributed by atoms with Crippen LogP contribution in [-0.2, 0) is 9.84 Å². The molecule has 3 rings (SSSR count). The van der Waals surface area contributed by atoms with Gasteiger partial charge in [-0.15, -0.1) is 11.3 Å². The van der Waals surface area contributed by atoms with E-state index in [1.54, 1.807) is 53.9 Å². The van der Waals surface area contributed by atoms with Gasteiger partial charge in [0, 0.05) is 12.1 Å². The fourth-order valence-electron chi connectivity index (χ4n) is 2.46. The molecule has 1 atom stereocenters. The molecule has 26 heavy (non-hydrogen) atoms. The molecule has 0 aliphatic rings. The third-order valence-corrected chi connectivity index (χ3v) is 7.28. The number of amides is 1. The van der Waals surface area contributed by atoms with Gasteiger partial charge >= 0.3 is 0 Å². The first-order valence-electron chi connectivity index (χ1n) is 7.75. The molecule has 136 valence electrons. The van der Waals surface area contributed by atoms with Crippen molar-refractivity contribution in [3.05, 3.63) is 71.5 Å². The summed E-state index contributed by atoms with van der Waals surface area (Å²) in [5.74, 6) is 0.442. The number of hydrogen-bond donors (Lipinski definition) is 1. The predicted octanol–water partition coefficient (Wildman–Crippen LogP) is 3.29. The van der Waals surface area contributed by atoms with Crippen molar-refractivity contribution in [2.24, 2.45) is 0 Å². The molecule has 0 aliphatic carbocycles. The number of rotatable bonds is 7. The summed E-state index contributed by atoms with van der Waals surface area (Å²) in [4.78, 5) is 12.4. The molecule has 3 aromatic rings. The lowest BCUT2D eigenvalue weighted by atomic mass is 10.2. The molecule has 0 saturated carbocycles. The largest absolute Gasteiger partial charge is 0.497 e. The van der Waals surface area contributed by atoms with Gasteiger partial charge in [0.25, 0.3) is 5.91 Å². The van der Waals surface area contributed by atoms with Gasteiger partial charge < -0.3 is 14.5 Å². The van der Waals surface area contributed by atoms with Crippen molar-refractivity contribution in [1.82, 2.24) is 5.32 Å². The van der Waals surface area contributed by atoms with E-state index in [1.165, 1.54) is 13.4 Å². The Kier molecular flexibility index (Phi) is 5.43. The summed E-state index contributed by atoms with van der Waals surface area (Å²) in [5, 5.41) is 3.36. The monoisotopic (exact) mass is 391 g/mol. The second-order valence-corrected chi connectivity index (χ2v) is 8.73. The van der Waals surface area contributed by atoms with Crippen LogP contribution in [0, 0.1) is 0 Å². The molecular weight excluding hydrogens is 374 g/mol. The lowest BCUT2D eigenvalue weighted by molar-refractivity contribution is 0.0953. The van der Waals surface area contributed by atoms with Gasteiger partial charge in [0.2, 0.25) is 0 Å². The van der Waals surface area contributed by atoms with Crippen LogP contribution in [0.1, 0.15) is 21.4 Å². The maximum atomic E-state index is 12.9. The van der Waals surface area contributed by atoms with Gasteiger partial charge in [-0.2, -0.15) is 0 Å². The molecule has 8 heteroatoms. The van der Waals surface area contributed by atoms with E-state index in [0.717, 1.165) is 11.3 Å². The molecule has 6 nitrogen and oxygen atoms in total. The number of benzene rings is 1. The highest BCUT2D eigenvalue weighted by molar-refractivity contribution is 7.93. The maximum Gasteiger partial charge on any atom is 0.251 e. The van der Waals surface area contributed by atoms with Crippen LogP contribution in [0.3, 0.4) is 0 Å². The molecule has 0 bridgehead atoms. The average Bonchev–Trinajstić information content (AvgIpc) is 3.35. The van der Waals surface area contributed by atoms with E-state index >= 15 is 0 Å². The summed E-state index contributed by atoms with van der Waals surface area (Å²) in [7, 11) is -2.17. The predicted molar refractivity (Wildman–Crippen MR) is 98.3 cm³/mol. The third kappa shape index (κ3) is 3.81. The summed E-state index contributed by atoms with van der Waals surface area (Å²) in [6, 6.07) is 13.1. The fraction of sp³-hybridized carbons (Fsp3) is 0.167. The first-order valence-corrected chi connectivity index (χ1v) is 10.2. The maximum absolute atomic E-state index is 12.9. The van der Waals surface area contributed by atoms with Crippen LogP contribution in [0.15, 0.2) is 68.8 Å². The molecular formula is C18H17NO5S2. The number of carbonyl (C=O) groups excluding carboxylic acids is 1. The molecule has 0 aliphatic heterocycles. The van der Waals surface area contributed by atoms with Crippen LogP contribution in [0.5, 0.6) is 5.75 Å². The van der Waals surface area contributed by atoms with Crippen molar-refractivity contribution in [2.75, 3.05) is 13.7 Å². The summed E-state index contributed by atoms with van der Waals surface area (Å²) >= 11 is 1.13. The van der Waals surface area contributed by atoms with E-state index in [2.05, 4.69) is 5.32 Å². The van der Waals surface area contributed by atoms with Crippen molar-refractivity contribution in [2.45, 2.75) is 9.46 Å². The SMILES string of the molecule is COc1cccc(C(=O)NC[C@H](c2ccco2)S(=O)(=O)c2cccs2)c1. The Morgan fingerprint density at radius 3 is 2.73 bits per heavy atom. The standard InChI is InChI=1S/C18H17NO5S2/c1-23-14-6-2-5-13(11-14)18(20)19-12-16(15-7-3-9-24-15)26(21,22)17-8-4-10-25-17/h2-11,16H,12H2,1H3,(H,19,20)/t16-/m1/s1. The van der Waals surface area contributed by atoms with Gasteiger partial charge in [-0.3, -0.25) is 4.79 Å². The molecule has 0 fully saturated rings. The lowest BCUT2D eigenvalue weighted by Crippen LogP contribution is -2.31. The molecule has 0 spiro atoms. The molecule has 0 unspecified atom stereocenters. The zero-order chi connectivity index (χ0) is 18.6. The summed E-state index contributed by atoms with van der Waals surface area (Å²) in [5.41, 5.74) is 0.385. The van der Waals surface area contributed by atoms with Gasteiger partial charge in [-0.05, 0) is 41.8 Å². The Labute approximate surface area is 155 Å². The Hall–Kier alpha value is -2.58. The second kappa shape index (κ2) is 7.76. The van der Waals surface area contributed by atoms with Gasteiger partial charge in [0.05, 0.1) is 13.4 Å². The number of hydrogen-bond acceptors (Lipinski definition) is 6. The minimum absolute atomic E-state index is 0.107. The zero-order valence-electron chi connectivity index (χ0n) is 13.9. The van der Waals surface area contributed by atoms with Crippen LogP contribution in [0.4, 0.5) is 0 Å². The van der Waals surface area contributed by atoms with E-state index in [4.69, 9.17) is 9.15 Å². The van der Waals surface area contributed by atoms with Crippen LogP contribution in [0.25, 0.3) is 0 Å². The Morgan fingerprint density at radius 1 is 1.23 bits per heavy atom. The normalized spacial score (nSPS) is 12.5. The smallest absolute Gasteiger partial charge is 0.251 e. The zero-order valence-corrected chi connectivity index (χ0v) is 15.5. The number of nitrogens with one attached hydrogen (secondary N) is 1. The van der Waals surface area contributed by atoms with Gasteiger partial charge in [0.15, 0.2) is 9.84 Å². The highest BCUT2D eigenvalue weighted by Crippen LogP contribution is 2.31. The van der Waals surface area contributed by atoms with E-state index in [-0.39, 0.29) is 22.4 Å². The van der Waals surface area contributed by atoms with Crippen molar-refractivity contribution in [1.29, 1.82) is 0 Å². The average molecular weight is 391 g/mol. The highest BCUT2D eigenvalue weighted by Gasteiger charge is 2.32. The van der Waals surface area contributed by atoms with E-state index in [9.17, 15) is 13.2 Å². The number of methoxy groups -OCH3 is 1. The summed E-state index contributed by atoms with van der Waals surface area (Å²) in [6.07, 6.45) is 1.41. The van der Waals surface area contributed by atoms with E-state index < -0.39 is 15.1 Å². The minimum Gasteiger partial charge on any atom is -0.497 e. The molecule has 2 aromatic heterocycles. The van der Waals surface area contributed by atoms with E-state index in [0.29, 0.717) is 11.3 Å². The van der Waals surface area contributed by atoms with E-state index in [1.807, 2.05) is 0 Å². The Morgan fingerprint density at radius 2 is 2.08 bits per heavy atom. The van der Waals surface area contributed by atoms with Gasteiger partial charge in [-0.25, -0.2) is 8.42 Å². The molecule has 0 radical (unpaired) electrons. The van der Waals surface area contributed by atoms with Crippen LogP contribution in [0.2, 0.25) is 0 Å². The summed E-state index contributed by atoms with van der Waals surface area (Å²) < 4.78 is 36.5. The van der Waals surface area contributed by atoms with Crippen LogP contribution >= 0.6 is 11.3 Å². The number of furan rings is 1. The fourth-order valence-corrected chi connectivity index (χ4v) is 5.25. The topological polar surface area (TPSA) is 85.6 Å². The summed E-state index contributed by atoms with van der Waals surface area (Å²) in [6.45, 7) is -0.107. The number of sulfone groups is 1. The van der Waals surface area contributed by atoms with Crippen LogP contribution < -0.4 is 10.1 Å². The minimum atomic E-state index is -3.69. The molecule has 1 N–H and O–H groups in total. The lowest BCUT2D eigenvalue weighted by Gasteiger charge is -2.16. The van der Waals surface area contributed by atoms with Crippen molar-refractivity contribution in [3.8, 4) is 5.75 Å². The van der Waals surface area contributed by atoms with Crippen molar-refractivity contribution < 1.29 is 22.4 Å². The number of thiophene rings is 1. The Bertz CT molecular complexity index is 963.